The van der Waals surface area contributed by atoms with E-state index in [0.29, 0.717) is 34.9 Å². The van der Waals surface area contributed by atoms with E-state index in [1.54, 1.807) is 10.4 Å². The highest BCUT2D eigenvalue weighted by Gasteiger charge is 2.28. The third-order valence-corrected chi connectivity index (χ3v) is 8.45. The van der Waals surface area contributed by atoms with E-state index in [4.69, 9.17) is 4.52 Å². The molecule has 1 saturated heterocycles. The summed E-state index contributed by atoms with van der Waals surface area (Å²) in [6, 6.07) is 1.69. The molecule has 0 N–H and O–H groups in total. The van der Waals surface area contributed by atoms with Gasteiger partial charge in [-0.15, -0.1) is 11.3 Å². The van der Waals surface area contributed by atoms with Gasteiger partial charge >= 0.3 is 0 Å². The van der Waals surface area contributed by atoms with E-state index in [9.17, 15) is 8.42 Å². The molecule has 1 saturated carbocycles. The SMILES string of the molecule is O=S(=O)(c1cc(-c2noc(C3CCCC3)n2)cs1)N1CCCCCC1. The lowest BCUT2D eigenvalue weighted by atomic mass is 10.1. The molecule has 136 valence electrons. The molecule has 1 aliphatic heterocycles. The highest BCUT2D eigenvalue weighted by Crippen LogP contribution is 2.35. The molecule has 2 aromatic heterocycles. The number of hydrogen-bond donors (Lipinski definition) is 0. The molecule has 0 atom stereocenters. The normalized spacial score (nSPS) is 20.8. The maximum Gasteiger partial charge on any atom is 0.252 e. The number of nitrogens with zero attached hydrogens (tertiary/aromatic N) is 3. The van der Waals surface area contributed by atoms with Crippen LogP contribution in [0.15, 0.2) is 20.2 Å². The first-order valence-corrected chi connectivity index (χ1v) is 11.4. The molecule has 0 amide bonds. The number of rotatable bonds is 4. The van der Waals surface area contributed by atoms with E-state index in [-0.39, 0.29) is 0 Å². The largest absolute Gasteiger partial charge is 0.339 e. The molecule has 2 aromatic rings. The van der Waals surface area contributed by atoms with Crippen molar-refractivity contribution >= 4 is 21.4 Å². The summed E-state index contributed by atoms with van der Waals surface area (Å²) in [5, 5.41) is 5.88. The van der Waals surface area contributed by atoms with Gasteiger partial charge in [0, 0.05) is 30.0 Å². The fraction of sp³-hybridized carbons (Fsp3) is 0.647. The van der Waals surface area contributed by atoms with Crippen LogP contribution in [0.1, 0.15) is 63.2 Å². The van der Waals surface area contributed by atoms with Gasteiger partial charge in [-0.1, -0.05) is 30.8 Å². The molecule has 25 heavy (non-hydrogen) atoms. The van der Waals surface area contributed by atoms with E-state index in [0.717, 1.165) is 44.1 Å². The van der Waals surface area contributed by atoms with Crippen LogP contribution in [0.5, 0.6) is 0 Å². The van der Waals surface area contributed by atoms with Gasteiger partial charge in [-0.05, 0) is 31.7 Å². The Balaban J connectivity index is 1.55. The van der Waals surface area contributed by atoms with E-state index >= 15 is 0 Å². The minimum absolute atomic E-state index is 0.361. The molecule has 1 aliphatic carbocycles. The van der Waals surface area contributed by atoms with Crippen LogP contribution in [0, 0.1) is 0 Å². The number of hydrogen-bond acceptors (Lipinski definition) is 6. The van der Waals surface area contributed by atoms with Gasteiger partial charge in [0.1, 0.15) is 4.21 Å². The lowest BCUT2D eigenvalue weighted by molar-refractivity contribution is 0.354. The molecule has 0 aromatic carbocycles. The highest BCUT2D eigenvalue weighted by molar-refractivity contribution is 7.91. The molecule has 4 rings (SSSR count). The second kappa shape index (κ2) is 7.17. The first-order valence-electron chi connectivity index (χ1n) is 9.07. The first kappa shape index (κ1) is 17.2. The predicted molar refractivity (Wildman–Crippen MR) is 96.0 cm³/mol. The molecule has 2 fully saturated rings. The lowest BCUT2D eigenvalue weighted by Gasteiger charge is -2.18. The maximum absolute atomic E-state index is 12.9. The highest BCUT2D eigenvalue weighted by atomic mass is 32.2. The van der Waals surface area contributed by atoms with Crippen LogP contribution in [-0.4, -0.2) is 36.0 Å². The Labute approximate surface area is 152 Å². The summed E-state index contributed by atoms with van der Waals surface area (Å²) >= 11 is 1.24. The van der Waals surface area contributed by atoms with E-state index in [1.807, 2.05) is 5.38 Å². The van der Waals surface area contributed by atoms with Crippen LogP contribution in [-0.2, 0) is 10.0 Å². The van der Waals surface area contributed by atoms with Gasteiger partial charge in [-0.25, -0.2) is 8.42 Å². The average Bonchev–Trinajstić information content (AvgIpc) is 3.31. The third kappa shape index (κ3) is 3.52. The Morgan fingerprint density at radius 3 is 2.52 bits per heavy atom. The van der Waals surface area contributed by atoms with Gasteiger partial charge in [0.05, 0.1) is 0 Å². The lowest BCUT2D eigenvalue weighted by Crippen LogP contribution is -2.31. The molecular formula is C17H23N3O3S2. The Hall–Kier alpha value is -1.25. The molecule has 6 nitrogen and oxygen atoms in total. The van der Waals surface area contributed by atoms with Crippen LogP contribution >= 0.6 is 11.3 Å². The first-order chi connectivity index (χ1) is 12.1. The number of sulfonamides is 1. The molecule has 8 heteroatoms. The van der Waals surface area contributed by atoms with Crippen molar-refractivity contribution in [2.75, 3.05) is 13.1 Å². The van der Waals surface area contributed by atoms with Crippen molar-refractivity contribution in [1.82, 2.24) is 14.4 Å². The fourth-order valence-electron chi connectivity index (χ4n) is 3.67. The smallest absolute Gasteiger partial charge is 0.252 e. The van der Waals surface area contributed by atoms with Gasteiger partial charge in [0.15, 0.2) is 0 Å². The summed E-state index contributed by atoms with van der Waals surface area (Å²) in [5.41, 5.74) is 0.728. The van der Waals surface area contributed by atoms with Gasteiger partial charge in [-0.3, -0.25) is 0 Å². The zero-order valence-electron chi connectivity index (χ0n) is 14.2. The second-order valence-corrected chi connectivity index (χ2v) is 9.99. The van der Waals surface area contributed by atoms with Crippen LogP contribution in [0.2, 0.25) is 0 Å². The topological polar surface area (TPSA) is 76.3 Å². The van der Waals surface area contributed by atoms with Crippen molar-refractivity contribution in [2.45, 2.75) is 61.5 Å². The molecule has 2 aliphatic rings. The summed E-state index contributed by atoms with van der Waals surface area (Å²) in [7, 11) is -3.42. The quantitative estimate of drug-likeness (QED) is 0.799. The standard InChI is InChI=1S/C17H23N3O3S2/c21-25(22,20-9-5-1-2-6-10-20)15-11-14(12-24-15)16-18-17(23-19-16)13-7-3-4-8-13/h11-13H,1-10H2. The van der Waals surface area contributed by atoms with E-state index in [2.05, 4.69) is 10.1 Å². The minimum atomic E-state index is -3.42. The van der Waals surface area contributed by atoms with Crippen molar-refractivity contribution in [3.05, 3.63) is 17.3 Å². The summed E-state index contributed by atoms with van der Waals surface area (Å²) < 4.78 is 33.1. The number of thiophene rings is 1. The summed E-state index contributed by atoms with van der Waals surface area (Å²) in [6.07, 6.45) is 8.70. The van der Waals surface area contributed by atoms with Crippen molar-refractivity contribution in [1.29, 1.82) is 0 Å². The zero-order chi connectivity index (χ0) is 17.3. The maximum atomic E-state index is 12.9. The predicted octanol–water partition coefficient (Wildman–Crippen LogP) is 4.02. The fourth-order valence-corrected chi connectivity index (χ4v) is 6.50. The van der Waals surface area contributed by atoms with Crippen LogP contribution in [0.3, 0.4) is 0 Å². The molecule has 0 radical (unpaired) electrons. The Kier molecular flexibility index (Phi) is 4.92. The third-order valence-electron chi connectivity index (χ3n) is 5.14. The van der Waals surface area contributed by atoms with Crippen LogP contribution in [0.25, 0.3) is 11.4 Å². The Bertz CT molecular complexity index is 814. The molecular weight excluding hydrogens is 358 g/mol. The van der Waals surface area contributed by atoms with E-state index in [1.165, 1.54) is 24.2 Å². The minimum Gasteiger partial charge on any atom is -0.339 e. The average molecular weight is 382 g/mol. The van der Waals surface area contributed by atoms with Crippen molar-refractivity contribution in [3.8, 4) is 11.4 Å². The Morgan fingerprint density at radius 1 is 1.08 bits per heavy atom. The Morgan fingerprint density at radius 2 is 1.80 bits per heavy atom. The molecule has 0 unspecified atom stereocenters. The summed E-state index contributed by atoms with van der Waals surface area (Å²) in [4.78, 5) is 4.51. The monoisotopic (exact) mass is 381 g/mol. The molecule has 0 spiro atoms. The van der Waals surface area contributed by atoms with E-state index < -0.39 is 10.0 Å². The van der Waals surface area contributed by atoms with Crippen LogP contribution < -0.4 is 0 Å². The summed E-state index contributed by atoms with van der Waals surface area (Å²) in [5.74, 6) is 1.55. The van der Waals surface area contributed by atoms with Gasteiger partial charge in [-0.2, -0.15) is 9.29 Å². The van der Waals surface area contributed by atoms with Gasteiger partial charge in [0.2, 0.25) is 11.7 Å². The molecule has 3 heterocycles. The van der Waals surface area contributed by atoms with Crippen molar-refractivity contribution in [3.63, 3.8) is 0 Å². The van der Waals surface area contributed by atoms with Crippen LogP contribution in [0.4, 0.5) is 0 Å². The van der Waals surface area contributed by atoms with Crippen molar-refractivity contribution in [2.24, 2.45) is 0 Å². The van der Waals surface area contributed by atoms with Gasteiger partial charge in [0.25, 0.3) is 10.0 Å². The van der Waals surface area contributed by atoms with Crippen molar-refractivity contribution < 1.29 is 12.9 Å². The van der Waals surface area contributed by atoms with Gasteiger partial charge < -0.3 is 4.52 Å². The zero-order valence-corrected chi connectivity index (χ0v) is 15.8. The number of aromatic nitrogens is 2. The summed E-state index contributed by atoms with van der Waals surface area (Å²) in [6.45, 7) is 1.23. The second-order valence-electron chi connectivity index (χ2n) is 6.91. The molecule has 0 bridgehead atoms.